The fourth-order valence-corrected chi connectivity index (χ4v) is 1.77. The van der Waals surface area contributed by atoms with Gasteiger partial charge in [0.05, 0.1) is 0 Å². The van der Waals surface area contributed by atoms with Gasteiger partial charge in [0.15, 0.2) is 0 Å². The topological polar surface area (TPSA) is 52.6 Å². The largest absolute Gasteiger partial charge is 0.462 e. The Morgan fingerprint density at radius 2 is 1.75 bits per heavy atom. The zero-order chi connectivity index (χ0) is 15.0. The number of carbonyl (C=O) groups is 2. The molecule has 0 heterocycles. The van der Waals surface area contributed by atoms with E-state index in [1.807, 2.05) is 43.3 Å². The lowest BCUT2D eigenvalue weighted by Crippen LogP contribution is -2.09. The van der Waals surface area contributed by atoms with E-state index >= 15 is 0 Å². The predicted molar refractivity (Wildman–Crippen MR) is 76.0 cm³/mol. The number of ether oxygens (including phenoxy) is 2. The summed E-state index contributed by atoms with van der Waals surface area (Å²) in [7, 11) is 0. The van der Waals surface area contributed by atoms with Gasteiger partial charge in [-0.3, -0.25) is 9.59 Å². The Balaban J connectivity index is 2.70. The Kier molecular flexibility index (Phi) is 6.50. The molecule has 1 unspecified atom stereocenters. The Labute approximate surface area is 119 Å². The molecule has 0 saturated carbocycles. The van der Waals surface area contributed by atoms with E-state index in [0.717, 1.165) is 11.1 Å². The fourth-order valence-electron chi connectivity index (χ4n) is 1.77. The molecule has 4 nitrogen and oxygen atoms in total. The minimum absolute atomic E-state index is 0.239. The molecule has 1 atom stereocenters. The average Bonchev–Trinajstić information content (AvgIpc) is 2.38. The minimum atomic E-state index is -0.317. The van der Waals surface area contributed by atoms with Crippen LogP contribution in [0.15, 0.2) is 42.0 Å². The number of hydrogen-bond acceptors (Lipinski definition) is 4. The van der Waals surface area contributed by atoms with Gasteiger partial charge in [-0.25, -0.2) is 0 Å². The van der Waals surface area contributed by atoms with Crippen LogP contribution in [0.2, 0.25) is 0 Å². The van der Waals surface area contributed by atoms with Gasteiger partial charge in [-0.05, 0) is 18.6 Å². The van der Waals surface area contributed by atoms with E-state index in [1.165, 1.54) is 13.8 Å². The summed E-state index contributed by atoms with van der Waals surface area (Å²) < 4.78 is 10.2. The molecule has 108 valence electrons. The highest BCUT2D eigenvalue weighted by Gasteiger charge is 2.14. The van der Waals surface area contributed by atoms with E-state index in [1.54, 1.807) is 0 Å². The molecule has 20 heavy (non-hydrogen) atoms. The van der Waals surface area contributed by atoms with Crippen molar-refractivity contribution in [2.45, 2.75) is 33.3 Å². The second kappa shape index (κ2) is 8.15. The Bertz CT molecular complexity index is 477. The predicted octanol–water partition coefficient (Wildman–Crippen LogP) is 3.19. The van der Waals surface area contributed by atoms with Gasteiger partial charge in [0, 0.05) is 20.3 Å². The van der Waals surface area contributed by atoms with Gasteiger partial charge in [0.2, 0.25) is 0 Å². The average molecular weight is 276 g/mol. The first-order valence-electron chi connectivity index (χ1n) is 6.50. The van der Waals surface area contributed by atoms with Gasteiger partial charge in [-0.1, -0.05) is 35.9 Å². The molecule has 1 aromatic rings. The van der Waals surface area contributed by atoms with Crippen molar-refractivity contribution in [1.29, 1.82) is 0 Å². The molecule has 0 aliphatic carbocycles. The van der Waals surface area contributed by atoms with Crippen LogP contribution in [0.4, 0.5) is 0 Å². The normalized spacial score (nSPS) is 12.7. The highest BCUT2D eigenvalue weighted by atomic mass is 16.5. The molecule has 0 fully saturated rings. The highest BCUT2D eigenvalue weighted by Crippen LogP contribution is 2.24. The summed E-state index contributed by atoms with van der Waals surface area (Å²) in [4.78, 5) is 21.9. The Hall–Kier alpha value is -2.10. The van der Waals surface area contributed by atoms with Gasteiger partial charge in [-0.15, -0.1) is 0 Å². The second-order valence-corrected chi connectivity index (χ2v) is 4.57. The summed E-state index contributed by atoms with van der Waals surface area (Å²) in [6.45, 7) is 4.92. The molecule has 0 bridgehead atoms. The van der Waals surface area contributed by atoms with Gasteiger partial charge in [0.25, 0.3) is 0 Å². The smallest absolute Gasteiger partial charge is 0.303 e. The summed E-state index contributed by atoms with van der Waals surface area (Å²) in [6, 6.07) is 9.57. The van der Waals surface area contributed by atoms with E-state index in [4.69, 9.17) is 9.47 Å². The van der Waals surface area contributed by atoms with Crippen LogP contribution in [-0.4, -0.2) is 18.5 Å². The van der Waals surface area contributed by atoms with E-state index in [2.05, 4.69) is 0 Å². The summed E-state index contributed by atoms with van der Waals surface area (Å²) in [5, 5.41) is 0. The van der Waals surface area contributed by atoms with Crippen LogP contribution in [-0.2, 0) is 19.1 Å². The van der Waals surface area contributed by atoms with Gasteiger partial charge >= 0.3 is 11.9 Å². The second-order valence-electron chi connectivity index (χ2n) is 4.57. The molecule has 0 aliphatic heterocycles. The quantitative estimate of drug-likeness (QED) is 0.591. The van der Waals surface area contributed by atoms with Crippen molar-refractivity contribution in [3.63, 3.8) is 0 Å². The van der Waals surface area contributed by atoms with Crippen molar-refractivity contribution in [3.8, 4) is 0 Å². The monoisotopic (exact) mass is 276 g/mol. The molecule has 0 aromatic heterocycles. The van der Waals surface area contributed by atoms with Crippen molar-refractivity contribution < 1.29 is 19.1 Å². The van der Waals surface area contributed by atoms with Crippen LogP contribution in [0.3, 0.4) is 0 Å². The van der Waals surface area contributed by atoms with Gasteiger partial charge in [-0.2, -0.15) is 0 Å². The van der Waals surface area contributed by atoms with Crippen LogP contribution in [0.5, 0.6) is 0 Å². The number of rotatable bonds is 6. The third-order valence-electron chi connectivity index (χ3n) is 2.71. The first-order chi connectivity index (χ1) is 9.49. The highest BCUT2D eigenvalue weighted by molar-refractivity contribution is 5.66. The van der Waals surface area contributed by atoms with Crippen LogP contribution in [0.25, 0.3) is 0 Å². The maximum absolute atomic E-state index is 11.2. The third kappa shape index (κ3) is 6.18. The molecule has 1 aromatic carbocycles. The van der Waals surface area contributed by atoms with E-state index < -0.39 is 0 Å². The number of carbonyl (C=O) groups excluding carboxylic acids is 2. The minimum Gasteiger partial charge on any atom is -0.462 e. The molecular weight excluding hydrogens is 256 g/mol. The maximum Gasteiger partial charge on any atom is 0.303 e. The van der Waals surface area contributed by atoms with Gasteiger partial charge < -0.3 is 9.47 Å². The standard InChI is InChI=1S/C16H20O4/c1-12(9-10-19-13(2)17)11-16(20-14(3)18)15-7-5-4-6-8-15/h4-9,16H,10-11H2,1-3H3/b12-9+. The first kappa shape index (κ1) is 16.0. The first-order valence-corrected chi connectivity index (χ1v) is 6.50. The van der Waals surface area contributed by atoms with Crippen LogP contribution < -0.4 is 0 Å². The van der Waals surface area contributed by atoms with Crippen LogP contribution >= 0.6 is 0 Å². The molecule has 0 N–H and O–H groups in total. The van der Waals surface area contributed by atoms with Crippen LogP contribution in [0, 0.1) is 0 Å². The molecule has 0 radical (unpaired) electrons. The summed E-state index contributed by atoms with van der Waals surface area (Å²) in [5.41, 5.74) is 1.95. The van der Waals surface area contributed by atoms with Crippen molar-refractivity contribution in [3.05, 3.63) is 47.5 Å². The molecule has 4 heteroatoms. The van der Waals surface area contributed by atoms with Crippen molar-refractivity contribution in [1.82, 2.24) is 0 Å². The SMILES string of the molecule is CC(=O)OC/C=C(\C)CC(OC(C)=O)c1ccccc1. The van der Waals surface area contributed by atoms with Crippen molar-refractivity contribution >= 4 is 11.9 Å². The molecular formula is C16H20O4. The molecule has 0 saturated heterocycles. The molecule has 0 amide bonds. The van der Waals surface area contributed by atoms with Crippen LogP contribution in [0.1, 0.15) is 38.9 Å². The van der Waals surface area contributed by atoms with Crippen molar-refractivity contribution in [2.75, 3.05) is 6.61 Å². The summed E-state index contributed by atoms with van der Waals surface area (Å²) >= 11 is 0. The summed E-state index contributed by atoms with van der Waals surface area (Å²) in [6.07, 6.45) is 2.08. The third-order valence-corrected chi connectivity index (χ3v) is 2.71. The lowest BCUT2D eigenvalue weighted by Gasteiger charge is -2.17. The molecule has 0 spiro atoms. The number of benzene rings is 1. The van der Waals surface area contributed by atoms with E-state index in [0.29, 0.717) is 6.42 Å². The van der Waals surface area contributed by atoms with Crippen molar-refractivity contribution in [2.24, 2.45) is 0 Å². The fraction of sp³-hybridized carbons (Fsp3) is 0.375. The zero-order valence-electron chi connectivity index (χ0n) is 12.1. The zero-order valence-corrected chi connectivity index (χ0v) is 12.1. The van der Waals surface area contributed by atoms with E-state index in [9.17, 15) is 9.59 Å². The van der Waals surface area contributed by atoms with Gasteiger partial charge in [0.1, 0.15) is 12.7 Å². The molecule has 0 aliphatic rings. The number of hydrogen-bond donors (Lipinski definition) is 0. The number of esters is 2. The maximum atomic E-state index is 11.2. The Morgan fingerprint density at radius 1 is 1.10 bits per heavy atom. The summed E-state index contributed by atoms with van der Waals surface area (Å²) in [5.74, 6) is -0.625. The lowest BCUT2D eigenvalue weighted by atomic mass is 10.0. The lowest BCUT2D eigenvalue weighted by molar-refractivity contribution is -0.146. The Morgan fingerprint density at radius 3 is 2.30 bits per heavy atom. The van der Waals surface area contributed by atoms with E-state index in [-0.39, 0.29) is 24.6 Å². The molecule has 1 rings (SSSR count).